The number of carbonyl (C=O) groups is 1. The normalized spacial score (nSPS) is 17.5. The van der Waals surface area contributed by atoms with Crippen LogP contribution in [0.5, 0.6) is 0 Å². The average Bonchev–Trinajstić information content (AvgIpc) is 3.19. The second-order valence-electron chi connectivity index (χ2n) is 6.12. The molecule has 1 aliphatic heterocycles. The molecule has 1 N–H and O–H groups in total. The number of nitrogens with zero attached hydrogens (tertiary/aromatic N) is 4. The number of aromatic nitrogens is 2. The van der Waals surface area contributed by atoms with Crippen molar-refractivity contribution in [3.63, 3.8) is 0 Å². The van der Waals surface area contributed by atoms with Gasteiger partial charge >= 0.3 is 5.97 Å². The fourth-order valence-corrected chi connectivity index (χ4v) is 3.58. The van der Waals surface area contributed by atoms with Gasteiger partial charge in [0.1, 0.15) is 17.9 Å². The fraction of sp³-hybridized carbons (Fsp3) is 0.278. The molecule has 0 amide bonds. The van der Waals surface area contributed by atoms with Crippen LogP contribution in [-0.4, -0.2) is 33.0 Å². The van der Waals surface area contributed by atoms with Gasteiger partial charge in [-0.1, -0.05) is 12.1 Å². The second kappa shape index (κ2) is 5.24. The number of rotatable bonds is 2. The van der Waals surface area contributed by atoms with Crippen LogP contribution in [0.25, 0.3) is 16.7 Å². The van der Waals surface area contributed by atoms with Crippen molar-refractivity contribution >= 4 is 28.5 Å². The van der Waals surface area contributed by atoms with Gasteiger partial charge in [-0.25, -0.2) is 9.78 Å². The Morgan fingerprint density at radius 3 is 2.96 bits per heavy atom. The number of benzene rings is 1. The molecule has 24 heavy (non-hydrogen) atoms. The van der Waals surface area contributed by atoms with E-state index in [1.165, 1.54) is 0 Å². The lowest BCUT2D eigenvalue weighted by Gasteiger charge is -2.25. The van der Waals surface area contributed by atoms with Gasteiger partial charge in [0.2, 0.25) is 0 Å². The summed E-state index contributed by atoms with van der Waals surface area (Å²) in [4.78, 5) is 18.1. The molecule has 120 valence electrons. The Labute approximate surface area is 138 Å². The van der Waals surface area contributed by atoms with Gasteiger partial charge < -0.3 is 10.0 Å². The van der Waals surface area contributed by atoms with E-state index >= 15 is 0 Å². The van der Waals surface area contributed by atoms with Crippen molar-refractivity contribution in [3.8, 4) is 6.07 Å². The van der Waals surface area contributed by atoms with Crippen LogP contribution in [0.3, 0.4) is 0 Å². The summed E-state index contributed by atoms with van der Waals surface area (Å²) >= 11 is 0. The van der Waals surface area contributed by atoms with Crippen molar-refractivity contribution in [2.24, 2.45) is 0 Å². The monoisotopic (exact) mass is 320 g/mol. The molecule has 6 nitrogen and oxygen atoms in total. The van der Waals surface area contributed by atoms with Gasteiger partial charge in [0, 0.05) is 6.54 Å². The summed E-state index contributed by atoms with van der Waals surface area (Å²) in [6.45, 7) is 2.55. The van der Waals surface area contributed by atoms with Crippen LogP contribution in [0.15, 0.2) is 30.3 Å². The van der Waals surface area contributed by atoms with E-state index in [-0.39, 0.29) is 0 Å². The first-order chi connectivity index (χ1) is 11.6. The van der Waals surface area contributed by atoms with Crippen LogP contribution in [0.1, 0.15) is 24.0 Å². The number of hydrogen-bond donors (Lipinski definition) is 1. The van der Waals surface area contributed by atoms with Crippen molar-refractivity contribution in [1.29, 1.82) is 5.26 Å². The largest absolute Gasteiger partial charge is 0.480 e. The molecule has 3 heterocycles. The molecule has 0 spiro atoms. The summed E-state index contributed by atoms with van der Waals surface area (Å²) in [6.07, 6.45) is 1.46. The van der Waals surface area contributed by atoms with E-state index in [0.29, 0.717) is 24.2 Å². The Bertz CT molecular complexity index is 1020. The van der Waals surface area contributed by atoms with Crippen molar-refractivity contribution in [3.05, 3.63) is 41.5 Å². The zero-order chi connectivity index (χ0) is 16.8. The van der Waals surface area contributed by atoms with Gasteiger partial charge in [-0.05, 0) is 43.5 Å². The predicted octanol–water partition coefficient (Wildman–Crippen LogP) is 2.72. The highest BCUT2D eigenvalue weighted by Crippen LogP contribution is 2.32. The molecule has 3 aromatic rings. The third-order valence-electron chi connectivity index (χ3n) is 4.70. The van der Waals surface area contributed by atoms with E-state index in [4.69, 9.17) is 0 Å². The number of para-hydroxylation sites is 2. The fourth-order valence-electron chi connectivity index (χ4n) is 3.58. The lowest BCUT2D eigenvalue weighted by Crippen LogP contribution is -2.37. The van der Waals surface area contributed by atoms with Crippen LogP contribution >= 0.6 is 0 Å². The summed E-state index contributed by atoms with van der Waals surface area (Å²) in [5, 5.41) is 19.1. The smallest absolute Gasteiger partial charge is 0.326 e. The molecule has 0 aliphatic carbocycles. The van der Waals surface area contributed by atoms with E-state index in [2.05, 4.69) is 11.1 Å². The number of hydrogen-bond acceptors (Lipinski definition) is 4. The Morgan fingerprint density at radius 2 is 2.21 bits per heavy atom. The Kier molecular flexibility index (Phi) is 3.17. The highest BCUT2D eigenvalue weighted by molar-refractivity contribution is 5.86. The number of fused-ring (bicyclic) bond motifs is 3. The minimum atomic E-state index is -0.813. The molecule has 1 aliphatic rings. The standard InChI is InChI=1S/C18H16N4O2/c1-11-9-16(21-8-4-7-15(21)18(23)24)22-14-6-3-2-5-13(14)20-17(22)12(11)10-19/h2-3,5-6,9,15H,4,7-8H2,1H3,(H,23,24)/t15-/m1/s1. The molecule has 4 rings (SSSR count). The van der Waals surface area contributed by atoms with Crippen molar-refractivity contribution in [2.45, 2.75) is 25.8 Å². The quantitative estimate of drug-likeness (QED) is 0.785. The molecule has 0 bridgehead atoms. The molecule has 1 fully saturated rings. The minimum Gasteiger partial charge on any atom is -0.480 e. The van der Waals surface area contributed by atoms with Crippen LogP contribution in [-0.2, 0) is 4.79 Å². The number of imidazole rings is 1. The average molecular weight is 320 g/mol. The van der Waals surface area contributed by atoms with E-state index in [1.54, 1.807) is 0 Å². The third kappa shape index (κ3) is 1.95. The number of carboxylic acids is 1. The molecule has 6 heteroatoms. The summed E-state index contributed by atoms with van der Waals surface area (Å²) < 4.78 is 1.92. The van der Waals surface area contributed by atoms with E-state index < -0.39 is 12.0 Å². The number of pyridine rings is 1. The number of aliphatic carboxylic acids is 1. The lowest BCUT2D eigenvalue weighted by molar-refractivity contribution is -0.138. The number of carboxylic acid groups (broad SMARTS) is 1. The summed E-state index contributed by atoms with van der Waals surface area (Å²) in [6, 6.07) is 11.3. The maximum atomic E-state index is 11.6. The molecule has 0 radical (unpaired) electrons. The lowest BCUT2D eigenvalue weighted by atomic mass is 10.1. The summed E-state index contributed by atoms with van der Waals surface area (Å²) in [5.41, 5.74) is 3.61. The van der Waals surface area contributed by atoms with Crippen LogP contribution in [0.4, 0.5) is 5.82 Å². The Morgan fingerprint density at radius 1 is 1.42 bits per heavy atom. The second-order valence-corrected chi connectivity index (χ2v) is 6.12. The molecule has 2 aromatic heterocycles. The molecule has 1 atom stereocenters. The van der Waals surface area contributed by atoms with Gasteiger partial charge in [-0.3, -0.25) is 4.40 Å². The molecule has 1 saturated heterocycles. The number of nitriles is 1. The zero-order valence-corrected chi connectivity index (χ0v) is 13.2. The van der Waals surface area contributed by atoms with Gasteiger partial charge in [-0.15, -0.1) is 0 Å². The molecule has 0 saturated carbocycles. The first kappa shape index (κ1) is 14.5. The maximum Gasteiger partial charge on any atom is 0.326 e. The molecular formula is C18H16N4O2. The molecular weight excluding hydrogens is 304 g/mol. The number of anilines is 1. The van der Waals surface area contributed by atoms with Crippen LogP contribution in [0, 0.1) is 18.3 Å². The summed E-state index contributed by atoms with van der Waals surface area (Å²) in [7, 11) is 0. The molecule has 1 aromatic carbocycles. The number of aryl methyl sites for hydroxylation is 1. The van der Waals surface area contributed by atoms with Crippen LogP contribution < -0.4 is 4.90 Å². The Balaban J connectivity index is 2.09. The van der Waals surface area contributed by atoms with Crippen molar-refractivity contribution in [1.82, 2.24) is 9.38 Å². The topological polar surface area (TPSA) is 81.6 Å². The van der Waals surface area contributed by atoms with Gasteiger partial charge in [0.15, 0.2) is 5.65 Å². The minimum absolute atomic E-state index is 0.529. The van der Waals surface area contributed by atoms with Gasteiger partial charge in [0.05, 0.1) is 16.6 Å². The van der Waals surface area contributed by atoms with Crippen molar-refractivity contribution < 1.29 is 9.90 Å². The highest BCUT2D eigenvalue weighted by atomic mass is 16.4. The SMILES string of the molecule is Cc1cc(N2CCC[C@@H]2C(=O)O)n2c(nc3ccccc32)c1C#N. The van der Waals surface area contributed by atoms with Crippen molar-refractivity contribution in [2.75, 3.05) is 11.4 Å². The van der Waals surface area contributed by atoms with E-state index in [0.717, 1.165) is 28.8 Å². The maximum absolute atomic E-state index is 11.6. The highest BCUT2D eigenvalue weighted by Gasteiger charge is 2.33. The van der Waals surface area contributed by atoms with E-state index in [9.17, 15) is 15.2 Å². The van der Waals surface area contributed by atoms with E-state index in [1.807, 2.05) is 46.6 Å². The van der Waals surface area contributed by atoms with Crippen LogP contribution in [0.2, 0.25) is 0 Å². The zero-order valence-electron chi connectivity index (χ0n) is 13.2. The predicted molar refractivity (Wildman–Crippen MR) is 90.2 cm³/mol. The Hall–Kier alpha value is -3.07. The van der Waals surface area contributed by atoms with Gasteiger partial charge in [-0.2, -0.15) is 5.26 Å². The third-order valence-corrected chi connectivity index (χ3v) is 4.70. The summed E-state index contributed by atoms with van der Waals surface area (Å²) in [5.74, 6) is -0.0211. The molecule has 0 unspecified atom stereocenters. The first-order valence-electron chi connectivity index (χ1n) is 7.92. The van der Waals surface area contributed by atoms with Gasteiger partial charge in [0.25, 0.3) is 0 Å². The first-order valence-corrected chi connectivity index (χ1v) is 7.92.